The smallest absolute Gasteiger partial charge is 0.369 e. The Bertz CT molecular complexity index is 392. The quantitative estimate of drug-likeness (QED) is 0.837. The molecule has 108 valence electrons. The minimum Gasteiger partial charge on any atom is -0.369 e. The fraction of sp³-hybridized carbons (Fsp3) is 0.615. The molecule has 0 aromatic carbocycles. The number of nitrogens with one attached hydrogen (secondary N) is 1. The van der Waals surface area contributed by atoms with E-state index >= 15 is 0 Å². The number of pyridine rings is 1. The summed E-state index contributed by atoms with van der Waals surface area (Å²) < 4.78 is 37.6. The molecule has 0 aliphatic rings. The average Bonchev–Trinajstić information content (AvgIpc) is 2.40. The molecule has 0 aliphatic carbocycles. The molecular formula is C13H20F3N3. The zero-order valence-electron chi connectivity index (χ0n) is 11.2. The number of nitrogens with zero attached hydrogens (tertiary/aromatic N) is 1. The largest absolute Gasteiger partial charge is 0.433 e. The van der Waals surface area contributed by atoms with Crippen molar-refractivity contribution in [3.05, 3.63) is 23.9 Å². The van der Waals surface area contributed by atoms with Crippen molar-refractivity contribution in [2.45, 2.75) is 32.9 Å². The van der Waals surface area contributed by atoms with E-state index in [1.807, 2.05) is 13.8 Å². The van der Waals surface area contributed by atoms with Gasteiger partial charge in [0.05, 0.1) is 0 Å². The first-order chi connectivity index (χ1) is 8.87. The van der Waals surface area contributed by atoms with Gasteiger partial charge in [-0.15, -0.1) is 0 Å². The van der Waals surface area contributed by atoms with Crippen molar-refractivity contribution < 1.29 is 13.2 Å². The van der Waals surface area contributed by atoms with Crippen LogP contribution in [0, 0.1) is 5.41 Å². The molecule has 1 heterocycles. The Morgan fingerprint density at radius 3 is 2.32 bits per heavy atom. The molecule has 3 N–H and O–H groups in total. The van der Waals surface area contributed by atoms with Crippen LogP contribution in [0.25, 0.3) is 0 Å². The Morgan fingerprint density at radius 2 is 1.84 bits per heavy atom. The molecule has 0 unspecified atom stereocenters. The normalized spacial score (nSPS) is 12.5. The monoisotopic (exact) mass is 275 g/mol. The van der Waals surface area contributed by atoms with Gasteiger partial charge in [-0.2, -0.15) is 13.2 Å². The number of rotatable bonds is 6. The summed E-state index contributed by atoms with van der Waals surface area (Å²) in [4.78, 5) is 3.57. The Morgan fingerprint density at radius 1 is 1.21 bits per heavy atom. The van der Waals surface area contributed by atoms with Crippen molar-refractivity contribution in [2.24, 2.45) is 11.1 Å². The number of hydrogen-bond acceptors (Lipinski definition) is 3. The molecule has 0 bridgehead atoms. The van der Waals surface area contributed by atoms with Gasteiger partial charge in [0.2, 0.25) is 0 Å². The maximum atomic E-state index is 12.5. The Kier molecular flexibility index (Phi) is 5.17. The summed E-state index contributed by atoms with van der Waals surface area (Å²) in [7, 11) is 0. The molecule has 0 atom stereocenters. The maximum absolute atomic E-state index is 12.5. The van der Waals surface area contributed by atoms with E-state index in [2.05, 4.69) is 10.3 Å². The minimum atomic E-state index is -4.42. The fourth-order valence-corrected chi connectivity index (χ4v) is 1.83. The summed E-state index contributed by atoms with van der Waals surface area (Å²) in [5.41, 5.74) is 4.77. The molecule has 0 saturated heterocycles. The van der Waals surface area contributed by atoms with Gasteiger partial charge in [-0.05, 0) is 36.9 Å². The molecule has 1 rings (SSSR count). The van der Waals surface area contributed by atoms with Gasteiger partial charge in [0.1, 0.15) is 11.5 Å². The molecule has 19 heavy (non-hydrogen) atoms. The van der Waals surface area contributed by atoms with Gasteiger partial charge in [-0.3, -0.25) is 0 Å². The van der Waals surface area contributed by atoms with Crippen LogP contribution in [-0.4, -0.2) is 18.1 Å². The van der Waals surface area contributed by atoms with Gasteiger partial charge < -0.3 is 11.1 Å². The van der Waals surface area contributed by atoms with Crippen LogP contribution >= 0.6 is 0 Å². The van der Waals surface area contributed by atoms with E-state index in [0.29, 0.717) is 13.1 Å². The van der Waals surface area contributed by atoms with Crippen molar-refractivity contribution in [3.8, 4) is 0 Å². The highest BCUT2D eigenvalue weighted by molar-refractivity contribution is 5.36. The molecule has 0 aliphatic heterocycles. The number of anilines is 1. The van der Waals surface area contributed by atoms with E-state index < -0.39 is 11.9 Å². The number of alkyl halides is 3. The number of aromatic nitrogens is 1. The minimum absolute atomic E-state index is 0.101. The van der Waals surface area contributed by atoms with E-state index in [0.717, 1.165) is 18.9 Å². The van der Waals surface area contributed by atoms with Gasteiger partial charge in [-0.25, -0.2) is 4.98 Å². The van der Waals surface area contributed by atoms with Crippen LogP contribution < -0.4 is 11.1 Å². The third kappa shape index (κ3) is 4.09. The molecule has 1 aromatic heterocycles. The highest BCUT2D eigenvalue weighted by atomic mass is 19.4. The summed E-state index contributed by atoms with van der Waals surface area (Å²) in [6, 6.07) is 3.84. The lowest BCUT2D eigenvalue weighted by Gasteiger charge is -2.30. The number of nitrogens with two attached hydrogens (primary N) is 1. The molecule has 0 spiro atoms. The van der Waals surface area contributed by atoms with Gasteiger partial charge in [0, 0.05) is 6.54 Å². The second-order valence-electron chi connectivity index (χ2n) is 4.67. The maximum Gasteiger partial charge on any atom is 0.433 e. The number of halogens is 3. The molecule has 0 saturated carbocycles. The highest BCUT2D eigenvalue weighted by Crippen LogP contribution is 2.29. The zero-order valence-corrected chi connectivity index (χ0v) is 11.2. The van der Waals surface area contributed by atoms with Crippen LogP contribution in [0.1, 0.15) is 32.4 Å². The lowest BCUT2D eigenvalue weighted by atomic mass is 9.82. The highest BCUT2D eigenvalue weighted by Gasteiger charge is 2.32. The summed E-state index contributed by atoms with van der Waals surface area (Å²) in [6.07, 6.45) is -2.68. The Balaban J connectivity index is 2.78. The van der Waals surface area contributed by atoms with Crippen LogP contribution in [0.2, 0.25) is 0 Å². The SMILES string of the molecule is CCC(CC)(CN)CNc1cccc(C(F)(F)F)n1. The first kappa shape index (κ1) is 15.8. The van der Waals surface area contributed by atoms with Crippen molar-refractivity contribution in [1.82, 2.24) is 4.98 Å². The van der Waals surface area contributed by atoms with Crippen LogP contribution in [0.15, 0.2) is 18.2 Å². The molecule has 0 fully saturated rings. The number of hydrogen-bond donors (Lipinski definition) is 2. The van der Waals surface area contributed by atoms with Crippen molar-refractivity contribution in [2.75, 3.05) is 18.4 Å². The van der Waals surface area contributed by atoms with Gasteiger partial charge in [0.15, 0.2) is 0 Å². The summed E-state index contributed by atoms with van der Waals surface area (Å²) in [5, 5.41) is 2.96. The van der Waals surface area contributed by atoms with Crippen LogP contribution in [0.5, 0.6) is 0 Å². The predicted molar refractivity (Wildman–Crippen MR) is 69.8 cm³/mol. The first-order valence-corrected chi connectivity index (χ1v) is 6.35. The lowest BCUT2D eigenvalue weighted by Crippen LogP contribution is -2.36. The summed E-state index contributed by atoms with van der Waals surface area (Å²) in [6.45, 7) is 5.06. The van der Waals surface area contributed by atoms with E-state index in [4.69, 9.17) is 5.73 Å². The van der Waals surface area contributed by atoms with E-state index in [-0.39, 0.29) is 11.2 Å². The van der Waals surface area contributed by atoms with E-state index in [1.54, 1.807) is 0 Å². The molecule has 6 heteroatoms. The molecule has 1 aromatic rings. The van der Waals surface area contributed by atoms with E-state index in [9.17, 15) is 13.2 Å². The summed E-state index contributed by atoms with van der Waals surface area (Å²) >= 11 is 0. The van der Waals surface area contributed by atoms with Crippen molar-refractivity contribution in [3.63, 3.8) is 0 Å². The zero-order chi connectivity index (χ0) is 14.5. The Labute approximate surface area is 111 Å². The van der Waals surface area contributed by atoms with Crippen LogP contribution in [0.3, 0.4) is 0 Å². The van der Waals surface area contributed by atoms with Gasteiger partial charge in [-0.1, -0.05) is 19.9 Å². The van der Waals surface area contributed by atoms with Crippen LogP contribution in [-0.2, 0) is 6.18 Å². The molecule has 3 nitrogen and oxygen atoms in total. The second kappa shape index (κ2) is 6.23. The lowest BCUT2D eigenvalue weighted by molar-refractivity contribution is -0.141. The topological polar surface area (TPSA) is 50.9 Å². The van der Waals surface area contributed by atoms with Crippen molar-refractivity contribution >= 4 is 5.82 Å². The first-order valence-electron chi connectivity index (χ1n) is 6.35. The van der Waals surface area contributed by atoms with Crippen LogP contribution in [0.4, 0.5) is 19.0 Å². The standard InChI is InChI=1S/C13H20F3N3/c1-3-12(4-2,8-17)9-18-11-7-5-6-10(19-11)13(14,15)16/h5-7H,3-4,8-9,17H2,1-2H3,(H,18,19). The fourth-order valence-electron chi connectivity index (χ4n) is 1.83. The summed E-state index contributed by atoms with van der Waals surface area (Å²) in [5.74, 6) is 0.231. The van der Waals surface area contributed by atoms with E-state index in [1.165, 1.54) is 12.1 Å². The average molecular weight is 275 g/mol. The third-order valence-electron chi connectivity index (χ3n) is 3.62. The third-order valence-corrected chi connectivity index (χ3v) is 3.62. The molecule has 0 radical (unpaired) electrons. The molecule has 0 amide bonds. The Hall–Kier alpha value is -1.30. The molecular weight excluding hydrogens is 255 g/mol. The van der Waals surface area contributed by atoms with Gasteiger partial charge in [0.25, 0.3) is 0 Å². The predicted octanol–water partition coefficient (Wildman–Crippen LogP) is 3.28. The van der Waals surface area contributed by atoms with Gasteiger partial charge >= 0.3 is 6.18 Å². The second-order valence-corrected chi connectivity index (χ2v) is 4.67. The van der Waals surface area contributed by atoms with Crippen molar-refractivity contribution in [1.29, 1.82) is 0 Å².